The summed E-state index contributed by atoms with van der Waals surface area (Å²) in [7, 11) is 0. The molecule has 0 bridgehead atoms. The summed E-state index contributed by atoms with van der Waals surface area (Å²) in [6.07, 6.45) is -0.512. The number of aliphatic hydroxyl groups is 1. The minimum Gasteiger partial charge on any atom is -0.383 e. The Kier molecular flexibility index (Phi) is 3.24. The van der Waals surface area contributed by atoms with Crippen LogP contribution in [0, 0.1) is 6.92 Å². The van der Waals surface area contributed by atoms with Crippen molar-refractivity contribution >= 4 is 27.3 Å². The maximum atomic E-state index is 10.1. The number of aryl methyl sites for hydroxylation is 1. The zero-order chi connectivity index (χ0) is 10.8. The zero-order valence-electron chi connectivity index (χ0n) is 8.27. The van der Waals surface area contributed by atoms with E-state index in [9.17, 15) is 5.11 Å². The molecule has 1 nitrogen and oxygen atoms in total. The highest BCUT2D eigenvalue weighted by atomic mass is 79.9. The highest BCUT2D eigenvalue weighted by Crippen LogP contribution is 2.29. The topological polar surface area (TPSA) is 20.2 Å². The Labute approximate surface area is 102 Å². The quantitative estimate of drug-likeness (QED) is 0.886. The van der Waals surface area contributed by atoms with E-state index in [4.69, 9.17) is 0 Å². The van der Waals surface area contributed by atoms with Crippen LogP contribution in [0.3, 0.4) is 0 Å². The van der Waals surface area contributed by atoms with Gasteiger partial charge in [0.15, 0.2) is 0 Å². The van der Waals surface area contributed by atoms with Gasteiger partial charge in [-0.25, -0.2) is 0 Å². The number of hydrogen-bond acceptors (Lipinski definition) is 2. The molecule has 1 heterocycles. The van der Waals surface area contributed by atoms with E-state index in [1.807, 2.05) is 42.6 Å². The van der Waals surface area contributed by atoms with Gasteiger partial charge in [-0.05, 0) is 34.5 Å². The second-order valence-electron chi connectivity index (χ2n) is 3.48. The van der Waals surface area contributed by atoms with Gasteiger partial charge in [-0.1, -0.05) is 29.8 Å². The number of thiophene rings is 1. The first-order chi connectivity index (χ1) is 7.16. The molecule has 3 heteroatoms. The fraction of sp³-hybridized carbons (Fsp3) is 0.167. The average Bonchev–Trinajstić information content (AvgIpc) is 2.65. The van der Waals surface area contributed by atoms with Crippen molar-refractivity contribution in [3.63, 3.8) is 0 Å². The van der Waals surface area contributed by atoms with E-state index in [1.54, 1.807) is 11.3 Å². The first-order valence-corrected chi connectivity index (χ1v) is 6.32. The number of rotatable bonds is 2. The molecule has 1 aromatic heterocycles. The lowest BCUT2D eigenvalue weighted by Crippen LogP contribution is -1.96. The van der Waals surface area contributed by atoms with Gasteiger partial charge in [-0.15, -0.1) is 11.3 Å². The van der Waals surface area contributed by atoms with Crippen molar-refractivity contribution in [3.8, 4) is 0 Å². The van der Waals surface area contributed by atoms with E-state index < -0.39 is 6.10 Å². The van der Waals surface area contributed by atoms with Crippen LogP contribution in [0.25, 0.3) is 0 Å². The molecule has 0 saturated carbocycles. The lowest BCUT2D eigenvalue weighted by Gasteiger charge is -2.08. The van der Waals surface area contributed by atoms with Gasteiger partial charge < -0.3 is 5.11 Å². The zero-order valence-corrected chi connectivity index (χ0v) is 10.7. The second-order valence-corrected chi connectivity index (χ2v) is 5.34. The maximum Gasteiger partial charge on any atom is 0.113 e. The van der Waals surface area contributed by atoms with Crippen molar-refractivity contribution in [2.24, 2.45) is 0 Å². The van der Waals surface area contributed by atoms with E-state index in [0.29, 0.717) is 0 Å². The molecule has 78 valence electrons. The summed E-state index contributed by atoms with van der Waals surface area (Å²) >= 11 is 4.94. The maximum absolute atomic E-state index is 10.1. The third kappa shape index (κ3) is 2.48. The molecule has 0 aliphatic carbocycles. The van der Waals surface area contributed by atoms with Crippen LogP contribution in [0.4, 0.5) is 0 Å². The standard InChI is InChI=1S/C12H11BrOS/c1-8-2-4-9(5-3-8)12(14)11-6-10(13)7-15-11/h2-7,12,14H,1H3. The summed E-state index contributed by atoms with van der Waals surface area (Å²) in [5, 5.41) is 12.1. The first kappa shape index (κ1) is 10.9. The SMILES string of the molecule is Cc1ccc(C(O)c2cc(Br)cs2)cc1. The third-order valence-electron chi connectivity index (χ3n) is 2.25. The van der Waals surface area contributed by atoms with Crippen molar-refractivity contribution in [1.82, 2.24) is 0 Å². The van der Waals surface area contributed by atoms with Crippen LogP contribution >= 0.6 is 27.3 Å². The Hall–Kier alpha value is -0.640. The van der Waals surface area contributed by atoms with E-state index in [0.717, 1.165) is 14.9 Å². The van der Waals surface area contributed by atoms with Gasteiger partial charge in [0.05, 0.1) is 0 Å². The minimum absolute atomic E-state index is 0.512. The number of hydrogen-bond donors (Lipinski definition) is 1. The summed E-state index contributed by atoms with van der Waals surface area (Å²) in [6, 6.07) is 9.92. The lowest BCUT2D eigenvalue weighted by atomic mass is 10.1. The van der Waals surface area contributed by atoms with Crippen LogP contribution in [-0.2, 0) is 0 Å². The monoisotopic (exact) mass is 282 g/mol. The summed E-state index contributed by atoms with van der Waals surface area (Å²) in [5.74, 6) is 0. The van der Waals surface area contributed by atoms with Crippen molar-refractivity contribution < 1.29 is 5.11 Å². The predicted molar refractivity (Wildman–Crippen MR) is 67.3 cm³/mol. The van der Waals surface area contributed by atoms with Crippen LogP contribution < -0.4 is 0 Å². The molecule has 2 aromatic rings. The van der Waals surface area contributed by atoms with Gasteiger partial charge in [0.1, 0.15) is 6.10 Å². The molecule has 1 unspecified atom stereocenters. The van der Waals surface area contributed by atoms with Gasteiger partial charge in [-0.2, -0.15) is 0 Å². The highest BCUT2D eigenvalue weighted by Gasteiger charge is 2.11. The molecule has 0 aliphatic rings. The van der Waals surface area contributed by atoms with Gasteiger partial charge in [0.25, 0.3) is 0 Å². The van der Waals surface area contributed by atoms with Gasteiger partial charge >= 0.3 is 0 Å². The fourth-order valence-corrected chi connectivity index (χ4v) is 2.84. The van der Waals surface area contributed by atoms with E-state index >= 15 is 0 Å². The summed E-state index contributed by atoms with van der Waals surface area (Å²) < 4.78 is 1.02. The molecular formula is C12H11BrOS. The molecule has 0 fully saturated rings. The highest BCUT2D eigenvalue weighted by molar-refractivity contribution is 9.10. The predicted octanol–water partition coefficient (Wildman–Crippen LogP) is 3.90. The van der Waals surface area contributed by atoms with Crippen LogP contribution in [0.2, 0.25) is 0 Å². The van der Waals surface area contributed by atoms with Crippen molar-refractivity contribution in [2.75, 3.05) is 0 Å². The molecule has 1 atom stereocenters. The summed E-state index contributed by atoms with van der Waals surface area (Å²) in [5.41, 5.74) is 2.15. The largest absolute Gasteiger partial charge is 0.383 e. The number of benzene rings is 1. The van der Waals surface area contributed by atoms with Crippen LogP contribution in [0.5, 0.6) is 0 Å². The van der Waals surface area contributed by atoms with Gasteiger partial charge in [-0.3, -0.25) is 0 Å². The average molecular weight is 283 g/mol. The van der Waals surface area contributed by atoms with Crippen LogP contribution in [-0.4, -0.2) is 5.11 Å². The normalized spacial score (nSPS) is 12.7. The number of aliphatic hydroxyl groups excluding tert-OH is 1. The van der Waals surface area contributed by atoms with Crippen LogP contribution in [0.1, 0.15) is 22.1 Å². The summed E-state index contributed by atoms with van der Waals surface area (Å²) in [4.78, 5) is 0.964. The third-order valence-corrected chi connectivity index (χ3v) is 4.00. The van der Waals surface area contributed by atoms with Crippen LogP contribution in [0.15, 0.2) is 40.2 Å². The molecule has 0 saturated heterocycles. The summed E-state index contributed by atoms with van der Waals surface area (Å²) in [6.45, 7) is 2.04. The van der Waals surface area contributed by atoms with Crippen molar-refractivity contribution in [3.05, 3.63) is 56.2 Å². The molecule has 0 amide bonds. The Morgan fingerprint density at radius 2 is 1.93 bits per heavy atom. The Morgan fingerprint density at radius 3 is 2.47 bits per heavy atom. The molecule has 1 aromatic carbocycles. The second kappa shape index (κ2) is 4.47. The van der Waals surface area contributed by atoms with E-state index in [2.05, 4.69) is 15.9 Å². The Bertz CT molecular complexity index is 447. The molecular weight excluding hydrogens is 272 g/mol. The van der Waals surface area contributed by atoms with Crippen molar-refractivity contribution in [1.29, 1.82) is 0 Å². The molecule has 0 aliphatic heterocycles. The van der Waals surface area contributed by atoms with E-state index in [-0.39, 0.29) is 0 Å². The fourth-order valence-electron chi connectivity index (χ4n) is 1.38. The lowest BCUT2D eigenvalue weighted by molar-refractivity contribution is 0.224. The smallest absolute Gasteiger partial charge is 0.113 e. The molecule has 15 heavy (non-hydrogen) atoms. The van der Waals surface area contributed by atoms with E-state index in [1.165, 1.54) is 5.56 Å². The first-order valence-electron chi connectivity index (χ1n) is 4.65. The minimum atomic E-state index is -0.512. The van der Waals surface area contributed by atoms with Gasteiger partial charge in [0.2, 0.25) is 0 Å². The molecule has 0 spiro atoms. The Morgan fingerprint density at radius 1 is 1.27 bits per heavy atom. The molecule has 2 rings (SSSR count). The number of halogens is 1. The van der Waals surface area contributed by atoms with Gasteiger partial charge in [0, 0.05) is 14.7 Å². The molecule has 1 N–H and O–H groups in total. The Balaban J connectivity index is 2.28. The van der Waals surface area contributed by atoms with Crippen molar-refractivity contribution in [2.45, 2.75) is 13.0 Å². The molecule has 0 radical (unpaired) electrons.